The van der Waals surface area contributed by atoms with Crippen LogP contribution in [0.4, 0.5) is 4.39 Å². The van der Waals surface area contributed by atoms with E-state index in [1.54, 1.807) is 17.1 Å². The molecule has 31 heavy (non-hydrogen) atoms. The Bertz CT molecular complexity index is 997. The zero-order chi connectivity index (χ0) is 22.0. The Hall–Kier alpha value is -3.06. The molecule has 0 unspecified atom stereocenters. The first-order valence-corrected chi connectivity index (χ1v) is 10.6. The Kier molecular flexibility index (Phi) is 6.13. The molecule has 0 radical (unpaired) electrons. The van der Waals surface area contributed by atoms with Gasteiger partial charge in [-0.3, -0.25) is 14.5 Å². The van der Waals surface area contributed by atoms with Crippen LogP contribution in [0.1, 0.15) is 42.0 Å². The molecule has 1 saturated heterocycles. The van der Waals surface area contributed by atoms with Gasteiger partial charge in [0.15, 0.2) is 0 Å². The fourth-order valence-corrected chi connectivity index (χ4v) is 4.32. The number of hydrazone groups is 1. The van der Waals surface area contributed by atoms with Crippen molar-refractivity contribution in [3.63, 3.8) is 0 Å². The first-order valence-electron chi connectivity index (χ1n) is 10.6. The molecule has 0 saturated carbocycles. The van der Waals surface area contributed by atoms with Crippen LogP contribution in [0.25, 0.3) is 0 Å². The van der Waals surface area contributed by atoms with E-state index in [0.717, 1.165) is 22.4 Å². The maximum absolute atomic E-state index is 13.5. The monoisotopic (exact) mass is 422 g/mol. The van der Waals surface area contributed by atoms with Crippen molar-refractivity contribution in [1.29, 1.82) is 0 Å². The number of amides is 2. The average molecular weight is 423 g/mol. The highest BCUT2D eigenvalue weighted by atomic mass is 19.1. The Labute approximate surface area is 181 Å². The van der Waals surface area contributed by atoms with Crippen molar-refractivity contribution in [2.45, 2.75) is 32.2 Å². The van der Waals surface area contributed by atoms with Crippen molar-refractivity contribution in [2.75, 3.05) is 19.6 Å². The lowest BCUT2D eigenvalue weighted by Gasteiger charge is -2.31. The molecule has 2 aromatic carbocycles. The number of rotatable bonds is 5. The summed E-state index contributed by atoms with van der Waals surface area (Å²) < 4.78 is 13.5. The van der Waals surface area contributed by atoms with Gasteiger partial charge in [0.1, 0.15) is 5.82 Å². The summed E-state index contributed by atoms with van der Waals surface area (Å²) >= 11 is 0. The van der Waals surface area contributed by atoms with Gasteiger partial charge in [-0.1, -0.05) is 42.0 Å². The minimum Gasteiger partial charge on any atom is -0.369 e. The minimum atomic E-state index is -0.309. The third-order valence-corrected chi connectivity index (χ3v) is 6.12. The molecule has 0 spiro atoms. The van der Waals surface area contributed by atoms with Crippen LogP contribution in [-0.2, 0) is 9.59 Å². The van der Waals surface area contributed by atoms with Crippen LogP contribution in [0.3, 0.4) is 0 Å². The van der Waals surface area contributed by atoms with Crippen molar-refractivity contribution >= 4 is 17.5 Å². The molecule has 1 atom stereocenters. The Morgan fingerprint density at radius 2 is 1.84 bits per heavy atom. The molecule has 2 amide bonds. The summed E-state index contributed by atoms with van der Waals surface area (Å²) in [5.41, 5.74) is 9.23. The highest BCUT2D eigenvalue weighted by molar-refractivity contribution is 6.03. The van der Waals surface area contributed by atoms with Gasteiger partial charge in [0.25, 0.3) is 5.91 Å². The van der Waals surface area contributed by atoms with E-state index in [1.807, 2.05) is 30.0 Å². The lowest BCUT2D eigenvalue weighted by molar-refractivity contribution is -0.134. The first kappa shape index (κ1) is 21.2. The summed E-state index contributed by atoms with van der Waals surface area (Å²) in [6.45, 7) is 3.56. The molecule has 2 aliphatic rings. The van der Waals surface area contributed by atoms with Crippen LogP contribution in [0.5, 0.6) is 0 Å². The number of carbonyl (C=O) groups is 2. The van der Waals surface area contributed by atoms with Crippen LogP contribution in [-0.4, -0.2) is 47.1 Å². The molecule has 2 aliphatic heterocycles. The van der Waals surface area contributed by atoms with E-state index < -0.39 is 0 Å². The molecule has 2 aromatic rings. The Balaban J connectivity index is 1.54. The van der Waals surface area contributed by atoms with Gasteiger partial charge in [-0.25, -0.2) is 9.40 Å². The van der Waals surface area contributed by atoms with Gasteiger partial charge in [0, 0.05) is 12.3 Å². The predicted octanol–water partition coefficient (Wildman–Crippen LogP) is 3.01. The molecule has 0 aromatic heterocycles. The molecule has 7 heteroatoms. The smallest absolute Gasteiger partial charge is 0.257 e. The molecular weight excluding hydrogens is 395 g/mol. The second-order valence-electron chi connectivity index (χ2n) is 8.38. The molecule has 0 bridgehead atoms. The second-order valence-corrected chi connectivity index (χ2v) is 8.38. The van der Waals surface area contributed by atoms with E-state index in [2.05, 4.69) is 6.07 Å². The quantitative estimate of drug-likeness (QED) is 0.805. The average Bonchev–Trinajstić information content (AvgIpc) is 3.20. The molecular formula is C24H27FN4O2. The predicted molar refractivity (Wildman–Crippen MR) is 117 cm³/mol. The maximum atomic E-state index is 13.5. The van der Waals surface area contributed by atoms with Crippen LogP contribution >= 0.6 is 0 Å². The largest absolute Gasteiger partial charge is 0.369 e. The summed E-state index contributed by atoms with van der Waals surface area (Å²) in [5, 5.41) is 6.24. The SMILES string of the molecule is Cc1cccc(C2=NN(C(=O)CN3CCC(C(N)=O)CC3)[C@@H](c3ccc(F)cc3)C2)c1. The number of hydrogen-bond donors (Lipinski definition) is 1. The fraction of sp³-hybridized carbons (Fsp3) is 0.375. The van der Waals surface area contributed by atoms with Gasteiger partial charge in [-0.15, -0.1) is 0 Å². The third kappa shape index (κ3) is 4.82. The maximum Gasteiger partial charge on any atom is 0.257 e. The van der Waals surface area contributed by atoms with Gasteiger partial charge in [0.2, 0.25) is 5.91 Å². The summed E-state index contributed by atoms with van der Waals surface area (Å²) in [6, 6.07) is 14.0. The van der Waals surface area contributed by atoms with Crippen molar-refractivity contribution in [3.05, 3.63) is 71.0 Å². The van der Waals surface area contributed by atoms with Crippen LogP contribution in [0.2, 0.25) is 0 Å². The number of nitrogens with zero attached hydrogens (tertiary/aromatic N) is 3. The highest BCUT2D eigenvalue weighted by Crippen LogP contribution is 2.33. The molecule has 162 valence electrons. The zero-order valence-electron chi connectivity index (χ0n) is 17.6. The normalized spacial score (nSPS) is 20.0. The highest BCUT2D eigenvalue weighted by Gasteiger charge is 2.34. The molecule has 4 rings (SSSR count). The topological polar surface area (TPSA) is 79.0 Å². The van der Waals surface area contributed by atoms with Crippen molar-refractivity contribution in [2.24, 2.45) is 16.8 Å². The number of nitrogens with two attached hydrogens (primary N) is 1. The van der Waals surface area contributed by atoms with Crippen LogP contribution in [0.15, 0.2) is 53.6 Å². The minimum absolute atomic E-state index is 0.102. The van der Waals surface area contributed by atoms with Crippen molar-refractivity contribution in [3.8, 4) is 0 Å². The Morgan fingerprint density at radius 1 is 1.13 bits per heavy atom. The molecule has 2 heterocycles. The van der Waals surface area contributed by atoms with Gasteiger partial charge >= 0.3 is 0 Å². The van der Waals surface area contributed by atoms with Crippen molar-refractivity contribution in [1.82, 2.24) is 9.91 Å². The summed E-state index contributed by atoms with van der Waals surface area (Å²) in [7, 11) is 0. The molecule has 6 nitrogen and oxygen atoms in total. The second kappa shape index (κ2) is 8.98. The number of primary amides is 1. The number of piperidine rings is 1. The van der Waals surface area contributed by atoms with E-state index in [-0.39, 0.29) is 36.1 Å². The number of aryl methyl sites for hydroxylation is 1. The van der Waals surface area contributed by atoms with Crippen LogP contribution in [0, 0.1) is 18.7 Å². The van der Waals surface area contributed by atoms with E-state index >= 15 is 0 Å². The number of carbonyl (C=O) groups excluding carboxylic acids is 2. The zero-order valence-corrected chi connectivity index (χ0v) is 17.6. The third-order valence-electron chi connectivity index (χ3n) is 6.12. The number of benzene rings is 2. The van der Waals surface area contributed by atoms with Crippen molar-refractivity contribution < 1.29 is 14.0 Å². The van der Waals surface area contributed by atoms with Gasteiger partial charge in [0.05, 0.1) is 18.3 Å². The van der Waals surface area contributed by atoms with Gasteiger partial charge in [-0.2, -0.15) is 5.10 Å². The summed E-state index contributed by atoms with van der Waals surface area (Å²) in [4.78, 5) is 26.7. The number of likely N-dealkylation sites (tertiary alicyclic amines) is 1. The lowest BCUT2D eigenvalue weighted by Crippen LogP contribution is -2.44. The summed E-state index contributed by atoms with van der Waals surface area (Å²) in [6.07, 6.45) is 1.91. The first-order chi connectivity index (χ1) is 14.9. The van der Waals surface area contributed by atoms with E-state index in [0.29, 0.717) is 32.4 Å². The number of halogens is 1. The van der Waals surface area contributed by atoms with Crippen LogP contribution < -0.4 is 5.73 Å². The molecule has 2 N–H and O–H groups in total. The van der Waals surface area contributed by atoms with E-state index in [9.17, 15) is 14.0 Å². The van der Waals surface area contributed by atoms with Gasteiger partial charge in [-0.05, 0) is 56.1 Å². The van der Waals surface area contributed by atoms with Gasteiger partial charge < -0.3 is 5.73 Å². The standard InChI is InChI=1S/C24H27FN4O2/c1-16-3-2-4-19(13-16)21-14-22(17-5-7-20(25)8-6-17)29(27-21)23(30)15-28-11-9-18(10-12-28)24(26)31/h2-8,13,18,22H,9-12,14-15H2,1H3,(H2,26,31)/t22-/m1/s1. The Morgan fingerprint density at radius 3 is 2.48 bits per heavy atom. The molecule has 0 aliphatic carbocycles. The number of hydrogen-bond acceptors (Lipinski definition) is 4. The van der Waals surface area contributed by atoms with E-state index in [4.69, 9.17) is 10.8 Å². The van der Waals surface area contributed by atoms with E-state index in [1.165, 1.54) is 12.1 Å². The lowest BCUT2D eigenvalue weighted by atomic mass is 9.96. The summed E-state index contributed by atoms with van der Waals surface area (Å²) in [5.74, 6) is -0.795. The fourth-order valence-electron chi connectivity index (χ4n) is 4.32. The molecule has 1 fully saturated rings.